The van der Waals surface area contributed by atoms with Gasteiger partial charge in [-0.25, -0.2) is 0 Å². The van der Waals surface area contributed by atoms with Gasteiger partial charge in [0.1, 0.15) is 28.6 Å². The van der Waals surface area contributed by atoms with Crippen molar-refractivity contribution >= 4 is 61.4 Å². The molecule has 235 valence electrons. The van der Waals surface area contributed by atoms with Crippen molar-refractivity contribution in [1.29, 1.82) is 0 Å². The predicted octanol–water partition coefficient (Wildman–Crippen LogP) is 10.5. The van der Waals surface area contributed by atoms with Crippen LogP contribution in [0.25, 0.3) is 21.5 Å². The summed E-state index contributed by atoms with van der Waals surface area (Å²) < 4.78 is 5.52. The number of hydrogen-bond acceptors (Lipinski definition) is 9. The van der Waals surface area contributed by atoms with Crippen LogP contribution in [0.2, 0.25) is 0 Å². The molecule has 46 heavy (non-hydrogen) atoms. The maximum atomic E-state index is 11.1. The Morgan fingerprint density at radius 3 is 2.11 bits per heavy atom. The molecule has 0 atom stereocenters. The molecule has 6 rings (SSSR count). The van der Waals surface area contributed by atoms with E-state index in [9.17, 15) is 10.2 Å². The Labute approximate surface area is 277 Å². The number of nitrogens with zero attached hydrogens (tertiary/aromatic N) is 4. The first-order valence-corrected chi connectivity index (χ1v) is 14.3. The van der Waals surface area contributed by atoms with Gasteiger partial charge >= 0.3 is 0 Å². The number of nitrogen functional groups attached to an aromatic ring is 1. The summed E-state index contributed by atoms with van der Waals surface area (Å²) in [4.78, 5) is 0. The zero-order valence-electron chi connectivity index (χ0n) is 25.6. The molecule has 0 heterocycles. The molecule has 0 unspecified atom stereocenters. The van der Waals surface area contributed by atoms with E-state index in [1.807, 2.05) is 73.7 Å². The number of rotatable bonds is 7. The fourth-order valence-corrected chi connectivity index (χ4v) is 5.33. The van der Waals surface area contributed by atoms with Gasteiger partial charge in [0.05, 0.1) is 12.8 Å². The first-order chi connectivity index (χ1) is 21.7. The van der Waals surface area contributed by atoms with Crippen LogP contribution in [0.3, 0.4) is 0 Å². The minimum absolute atomic E-state index is 0. The van der Waals surface area contributed by atoms with Gasteiger partial charge in [-0.05, 0) is 109 Å². The number of ether oxygens (including phenoxy) is 1. The van der Waals surface area contributed by atoms with Gasteiger partial charge in [0.15, 0.2) is 5.75 Å². The monoisotopic (exact) mass is 659 g/mol. The number of hydrogen-bond donors (Lipinski definition) is 4. The molecule has 0 saturated carbocycles. The number of aromatic hydroxyl groups is 2. The molecule has 0 bridgehead atoms. The van der Waals surface area contributed by atoms with Crippen LogP contribution < -0.4 is 15.8 Å². The molecule has 0 aliphatic carbocycles. The Morgan fingerprint density at radius 2 is 1.35 bits per heavy atom. The molecule has 0 saturated heterocycles. The molecular weight excluding hydrogens is 628 g/mol. The number of azo groups is 2. The zero-order valence-corrected chi connectivity index (χ0v) is 26.6. The molecule has 9 nitrogen and oxygen atoms in total. The van der Waals surface area contributed by atoms with Crippen LogP contribution >= 0.6 is 0 Å². The molecule has 0 spiro atoms. The second kappa shape index (κ2) is 13.3. The maximum absolute atomic E-state index is 11.1. The summed E-state index contributed by atoms with van der Waals surface area (Å²) in [6.45, 7) is 5.99. The number of benzene rings is 6. The fraction of sp³-hybridized carbons (Fsp3) is 0.111. The molecule has 0 aliphatic heterocycles. The average molecular weight is 660 g/mol. The van der Waals surface area contributed by atoms with E-state index in [0.717, 1.165) is 27.5 Å². The van der Waals surface area contributed by atoms with Gasteiger partial charge in [0.2, 0.25) is 0 Å². The number of methoxy groups -OCH3 is 1. The first kappa shape index (κ1) is 32.0. The number of phenols is 2. The molecule has 0 aliphatic rings. The van der Waals surface area contributed by atoms with Crippen molar-refractivity contribution in [3.8, 4) is 17.2 Å². The predicted molar refractivity (Wildman–Crippen MR) is 181 cm³/mol. The van der Waals surface area contributed by atoms with Gasteiger partial charge in [-0.15, -0.1) is 15.3 Å². The Kier molecular flexibility index (Phi) is 9.23. The van der Waals surface area contributed by atoms with E-state index in [4.69, 9.17) is 10.5 Å². The number of nitrogens with one attached hydrogen (secondary N) is 1. The Morgan fingerprint density at radius 1 is 0.652 bits per heavy atom. The van der Waals surface area contributed by atoms with Crippen molar-refractivity contribution in [2.45, 2.75) is 20.8 Å². The van der Waals surface area contributed by atoms with Gasteiger partial charge in [0.25, 0.3) is 0 Å². The number of fused-ring (bicyclic) bond motifs is 2. The van der Waals surface area contributed by atoms with Crippen LogP contribution in [0.1, 0.15) is 16.7 Å². The van der Waals surface area contributed by atoms with E-state index in [1.165, 1.54) is 30.4 Å². The van der Waals surface area contributed by atoms with Crippen molar-refractivity contribution in [2.75, 3.05) is 18.2 Å². The molecule has 6 aromatic carbocycles. The number of aryl methyl sites for hydroxylation is 3. The van der Waals surface area contributed by atoms with E-state index >= 15 is 0 Å². The second-order valence-corrected chi connectivity index (χ2v) is 11.0. The minimum atomic E-state index is -0.158. The molecule has 0 aromatic heterocycles. The summed E-state index contributed by atoms with van der Waals surface area (Å²) >= 11 is 0. The average Bonchev–Trinajstić information content (AvgIpc) is 3.01. The SMILES string of the molecule is COc1cc(N=Nc2c(C)cc3cc(Nc4ccc(N)cc4)ccc3c2O)c(O)cc1N=Nc1ccc2c(C)cc(C)cc2c1.[Cu]. The van der Waals surface area contributed by atoms with Crippen LogP contribution in [0, 0.1) is 20.8 Å². The van der Waals surface area contributed by atoms with Crippen molar-refractivity contribution in [3.05, 3.63) is 108 Å². The number of phenolic OH excluding ortho intramolecular Hbond substituents is 2. The van der Waals surface area contributed by atoms with Crippen LogP contribution in [-0.4, -0.2) is 17.3 Å². The third kappa shape index (κ3) is 6.63. The van der Waals surface area contributed by atoms with E-state index < -0.39 is 0 Å². The standard InChI is InChI=1S/C36H32N6O3.Cu/c1-20-13-21(2)29-11-10-28(17-23(29)14-20)39-41-32-18-33(43)31(19-34(32)45-4)40-42-35-22(3)15-24-16-27(9-12-30(24)36(35)44)38-26-7-5-25(37)6-8-26;/h5-19,38,43-44H,37H2,1-4H3;. The van der Waals surface area contributed by atoms with Crippen LogP contribution in [-0.2, 0) is 17.1 Å². The minimum Gasteiger partial charge on any atom is -0.506 e. The van der Waals surface area contributed by atoms with E-state index in [1.54, 1.807) is 0 Å². The summed E-state index contributed by atoms with van der Waals surface area (Å²) in [6, 6.07) is 28.1. The zero-order chi connectivity index (χ0) is 31.7. The van der Waals surface area contributed by atoms with Gasteiger partial charge in [0, 0.05) is 51.6 Å². The maximum Gasteiger partial charge on any atom is 0.151 e. The van der Waals surface area contributed by atoms with Crippen molar-refractivity contribution in [3.63, 3.8) is 0 Å². The van der Waals surface area contributed by atoms with E-state index in [0.29, 0.717) is 39.4 Å². The molecule has 0 fully saturated rings. The third-order valence-corrected chi connectivity index (χ3v) is 7.57. The molecular formula is C36H32CuN6O3. The van der Waals surface area contributed by atoms with Crippen LogP contribution in [0.15, 0.2) is 111 Å². The van der Waals surface area contributed by atoms with E-state index in [-0.39, 0.29) is 34.3 Å². The van der Waals surface area contributed by atoms with Crippen LogP contribution in [0.5, 0.6) is 17.2 Å². The van der Waals surface area contributed by atoms with Gasteiger partial charge in [-0.2, -0.15) is 5.11 Å². The van der Waals surface area contributed by atoms with Crippen LogP contribution in [0.4, 0.5) is 39.8 Å². The Hall–Kier alpha value is -5.44. The van der Waals surface area contributed by atoms with Gasteiger partial charge < -0.3 is 26.0 Å². The second-order valence-electron chi connectivity index (χ2n) is 11.0. The fourth-order valence-electron chi connectivity index (χ4n) is 5.33. The number of anilines is 3. The summed E-state index contributed by atoms with van der Waals surface area (Å²) in [5.74, 6) is 0.193. The number of nitrogens with two attached hydrogens (primary N) is 1. The van der Waals surface area contributed by atoms with Gasteiger partial charge in [-0.3, -0.25) is 0 Å². The topological polar surface area (TPSA) is 137 Å². The first-order valence-electron chi connectivity index (χ1n) is 14.3. The van der Waals surface area contributed by atoms with E-state index in [2.05, 4.69) is 51.8 Å². The Bertz CT molecular complexity index is 2150. The molecule has 6 aromatic rings. The molecule has 5 N–H and O–H groups in total. The Balaban J connectivity index is 0.00000417. The normalized spacial score (nSPS) is 11.4. The quantitative estimate of drug-likeness (QED) is 0.0767. The molecule has 10 heteroatoms. The third-order valence-electron chi connectivity index (χ3n) is 7.57. The summed E-state index contributed by atoms with van der Waals surface area (Å²) in [5.41, 5.74) is 12.8. The van der Waals surface area contributed by atoms with Gasteiger partial charge in [-0.1, -0.05) is 23.8 Å². The summed E-state index contributed by atoms with van der Waals surface area (Å²) in [5, 5.41) is 46.2. The molecule has 1 radical (unpaired) electrons. The largest absolute Gasteiger partial charge is 0.506 e. The molecule has 0 amide bonds. The summed E-state index contributed by atoms with van der Waals surface area (Å²) in [7, 11) is 1.50. The van der Waals surface area contributed by atoms with Crippen molar-refractivity contribution in [1.82, 2.24) is 0 Å². The van der Waals surface area contributed by atoms with Crippen molar-refractivity contribution < 1.29 is 32.0 Å². The smallest absolute Gasteiger partial charge is 0.151 e. The van der Waals surface area contributed by atoms with Crippen molar-refractivity contribution in [2.24, 2.45) is 20.5 Å². The summed E-state index contributed by atoms with van der Waals surface area (Å²) in [6.07, 6.45) is 0.